The van der Waals surface area contributed by atoms with Gasteiger partial charge in [-0.15, -0.1) is 11.3 Å². The van der Waals surface area contributed by atoms with Crippen LogP contribution >= 0.6 is 59.1 Å². The van der Waals surface area contributed by atoms with Gasteiger partial charge >= 0.3 is 0 Å². The Bertz CT molecular complexity index is 583. The highest BCUT2D eigenvalue weighted by Gasteiger charge is 2.15. The quantitative estimate of drug-likeness (QED) is 0.655. The monoisotopic (exact) mass is 468 g/mol. The fraction of sp³-hybridized carbons (Fsp3) is 0.231. The lowest BCUT2D eigenvalue weighted by Crippen LogP contribution is -2.01. The van der Waals surface area contributed by atoms with Gasteiger partial charge in [-0.1, -0.05) is 6.07 Å². The number of aliphatic hydroxyl groups excluding tert-OH is 1. The number of methoxy groups -OCH3 is 1. The van der Waals surface area contributed by atoms with Crippen LogP contribution in [0, 0.1) is 0 Å². The first kappa shape index (κ1) is 15.5. The van der Waals surface area contributed by atoms with Gasteiger partial charge in [0, 0.05) is 12.0 Å². The van der Waals surface area contributed by atoms with E-state index in [-0.39, 0.29) is 0 Å². The molecule has 102 valence electrons. The van der Waals surface area contributed by atoms with Gasteiger partial charge in [-0.05, 0) is 71.6 Å². The van der Waals surface area contributed by atoms with Crippen LogP contribution in [0.4, 0.5) is 0 Å². The minimum atomic E-state index is -0.530. The fourth-order valence-electron chi connectivity index (χ4n) is 1.75. The molecule has 0 saturated carbocycles. The molecule has 1 atom stereocenters. The van der Waals surface area contributed by atoms with Crippen LogP contribution in [0.2, 0.25) is 0 Å². The first-order valence-electron chi connectivity index (χ1n) is 5.46. The van der Waals surface area contributed by atoms with Gasteiger partial charge in [-0.3, -0.25) is 0 Å². The molecule has 1 unspecified atom stereocenters. The number of thiophene rings is 1. The smallest absolute Gasteiger partial charge is 0.133 e. The van der Waals surface area contributed by atoms with Crippen molar-refractivity contribution >= 4 is 59.1 Å². The summed E-state index contributed by atoms with van der Waals surface area (Å²) in [5.74, 6) is 0.790. The van der Waals surface area contributed by atoms with Crippen LogP contribution in [0.3, 0.4) is 0 Å². The first-order chi connectivity index (χ1) is 9.01. The number of benzene rings is 1. The topological polar surface area (TPSA) is 29.5 Å². The third-order valence-electron chi connectivity index (χ3n) is 2.69. The number of aliphatic hydroxyl groups is 1. The van der Waals surface area contributed by atoms with Crippen molar-refractivity contribution in [3.8, 4) is 5.75 Å². The normalized spacial score (nSPS) is 12.5. The molecule has 0 fully saturated rings. The van der Waals surface area contributed by atoms with Crippen LogP contribution < -0.4 is 4.74 Å². The maximum absolute atomic E-state index is 10.3. The maximum atomic E-state index is 10.3. The molecule has 19 heavy (non-hydrogen) atoms. The van der Waals surface area contributed by atoms with E-state index in [2.05, 4.69) is 47.8 Å². The van der Waals surface area contributed by atoms with E-state index in [1.165, 1.54) is 0 Å². The summed E-state index contributed by atoms with van der Waals surface area (Å²) >= 11 is 11.9. The number of hydrogen-bond acceptors (Lipinski definition) is 3. The highest BCUT2D eigenvalue weighted by atomic mass is 79.9. The van der Waals surface area contributed by atoms with E-state index < -0.39 is 6.10 Å². The first-order valence-corrected chi connectivity index (χ1v) is 8.66. The van der Waals surface area contributed by atoms with Crippen LogP contribution in [-0.2, 0) is 6.42 Å². The number of halogens is 3. The van der Waals surface area contributed by atoms with Crippen molar-refractivity contribution in [2.45, 2.75) is 12.5 Å². The van der Waals surface area contributed by atoms with Crippen molar-refractivity contribution in [2.24, 2.45) is 0 Å². The average molecular weight is 471 g/mol. The summed E-state index contributed by atoms with van der Waals surface area (Å²) in [4.78, 5) is 0. The highest BCUT2D eigenvalue weighted by molar-refractivity contribution is 9.12. The molecule has 2 aromatic rings. The van der Waals surface area contributed by atoms with E-state index in [9.17, 15) is 5.11 Å². The number of hydrogen-bond donors (Lipinski definition) is 1. The Balaban J connectivity index is 2.17. The molecular weight excluding hydrogens is 460 g/mol. The average Bonchev–Trinajstić information content (AvgIpc) is 2.69. The van der Waals surface area contributed by atoms with Crippen LogP contribution in [0.5, 0.6) is 5.75 Å². The van der Waals surface area contributed by atoms with Crippen LogP contribution in [0.25, 0.3) is 0 Å². The van der Waals surface area contributed by atoms with Gasteiger partial charge in [0.2, 0.25) is 0 Å². The predicted molar refractivity (Wildman–Crippen MR) is 89.1 cm³/mol. The van der Waals surface area contributed by atoms with Gasteiger partial charge in [0.1, 0.15) is 5.75 Å². The Labute approximate surface area is 141 Å². The minimum absolute atomic E-state index is 0.530. The fourth-order valence-corrected chi connectivity index (χ4v) is 5.29. The lowest BCUT2D eigenvalue weighted by Gasteiger charge is -2.11. The molecule has 0 saturated heterocycles. The zero-order chi connectivity index (χ0) is 14.0. The standard InChI is InChI=1S/C13H11Br3O2S/c1-18-11-3-2-7(4-9(11)14)5-10(17)8-6-12(15)19-13(8)16/h2-4,6,10,17H,5H2,1H3. The molecule has 1 heterocycles. The molecule has 0 spiro atoms. The zero-order valence-electron chi connectivity index (χ0n) is 9.99. The molecule has 0 aliphatic carbocycles. The Hall–Kier alpha value is 0.120. The van der Waals surface area contributed by atoms with Crippen LogP contribution in [0.1, 0.15) is 17.2 Å². The molecule has 0 amide bonds. The molecule has 6 heteroatoms. The summed E-state index contributed by atoms with van der Waals surface area (Å²) in [6.07, 6.45) is 0.0295. The number of rotatable bonds is 4. The van der Waals surface area contributed by atoms with E-state index in [0.717, 1.165) is 28.9 Å². The van der Waals surface area contributed by atoms with E-state index in [1.54, 1.807) is 18.4 Å². The molecule has 1 N–H and O–H groups in total. The van der Waals surface area contributed by atoms with Crippen molar-refractivity contribution < 1.29 is 9.84 Å². The lowest BCUT2D eigenvalue weighted by molar-refractivity contribution is 0.178. The Morgan fingerprint density at radius 1 is 1.26 bits per heavy atom. The second kappa shape index (κ2) is 6.72. The predicted octanol–water partition coefficient (Wildman–Crippen LogP) is 5.32. The SMILES string of the molecule is COc1ccc(CC(O)c2cc(Br)sc2Br)cc1Br. The van der Waals surface area contributed by atoms with Gasteiger partial charge in [-0.2, -0.15) is 0 Å². The Kier molecular flexibility index (Phi) is 5.48. The zero-order valence-corrected chi connectivity index (χ0v) is 15.6. The summed E-state index contributed by atoms with van der Waals surface area (Å²) in [5.41, 5.74) is 1.96. The molecule has 0 bridgehead atoms. The highest BCUT2D eigenvalue weighted by Crippen LogP contribution is 2.37. The largest absolute Gasteiger partial charge is 0.496 e. The Morgan fingerprint density at radius 2 is 2.00 bits per heavy atom. The van der Waals surface area contributed by atoms with Gasteiger partial charge in [0.25, 0.3) is 0 Å². The third-order valence-corrected chi connectivity index (χ3v) is 5.69. The molecule has 0 aliphatic heterocycles. The molecule has 0 radical (unpaired) electrons. The molecular formula is C13H11Br3O2S. The summed E-state index contributed by atoms with van der Waals surface area (Å²) in [7, 11) is 1.63. The van der Waals surface area contributed by atoms with E-state index in [4.69, 9.17) is 4.74 Å². The van der Waals surface area contributed by atoms with Gasteiger partial charge in [-0.25, -0.2) is 0 Å². The molecule has 0 aliphatic rings. The third kappa shape index (κ3) is 3.82. The Morgan fingerprint density at radius 3 is 2.53 bits per heavy atom. The van der Waals surface area contributed by atoms with E-state index in [0.29, 0.717) is 6.42 Å². The van der Waals surface area contributed by atoms with Crippen molar-refractivity contribution in [2.75, 3.05) is 7.11 Å². The molecule has 1 aromatic carbocycles. The minimum Gasteiger partial charge on any atom is -0.496 e. The van der Waals surface area contributed by atoms with Crippen molar-refractivity contribution in [3.63, 3.8) is 0 Å². The number of ether oxygens (including phenoxy) is 1. The second-order valence-electron chi connectivity index (χ2n) is 3.97. The van der Waals surface area contributed by atoms with Gasteiger partial charge in [0.05, 0.1) is 25.3 Å². The summed E-state index contributed by atoms with van der Waals surface area (Å²) in [6, 6.07) is 7.77. The van der Waals surface area contributed by atoms with Crippen LogP contribution in [-0.4, -0.2) is 12.2 Å². The van der Waals surface area contributed by atoms with E-state index >= 15 is 0 Å². The molecule has 1 aromatic heterocycles. The molecule has 2 rings (SSSR count). The molecule has 2 nitrogen and oxygen atoms in total. The van der Waals surface area contributed by atoms with Crippen LogP contribution in [0.15, 0.2) is 36.3 Å². The lowest BCUT2D eigenvalue weighted by atomic mass is 10.0. The van der Waals surface area contributed by atoms with Crippen molar-refractivity contribution in [1.29, 1.82) is 0 Å². The summed E-state index contributed by atoms with van der Waals surface area (Å²) in [5, 5.41) is 10.3. The summed E-state index contributed by atoms with van der Waals surface area (Å²) < 4.78 is 8.05. The second-order valence-corrected chi connectivity index (χ2v) is 8.57. The van der Waals surface area contributed by atoms with Crippen molar-refractivity contribution in [3.05, 3.63) is 47.4 Å². The van der Waals surface area contributed by atoms with Gasteiger partial charge < -0.3 is 9.84 Å². The van der Waals surface area contributed by atoms with E-state index in [1.807, 2.05) is 24.3 Å². The maximum Gasteiger partial charge on any atom is 0.133 e. The van der Waals surface area contributed by atoms with Gasteiger partial charge in [0.15, 0.2) is 0 Å². The van der Waals surface area contributed by atoms with Crippen molar-refractivity contribution in [1.82, 2.24) is 0 Å². The summed E-state index contributed by atoms with van der Waals surface area (Å²) in [6.45, 7) is 0.